The highest BCUT2D eigenvalue weighted by molar-refractivity contribution is 5.93. The van der Waals surface area contributed by atoms with Crippen molar-refractivity contribution >= 4 is 17.5 Å². The Morgan fingerprint density at radius 3 is 2.89 bits per heavy atom. The van der Waals surface area contributed by atoms with Crippen LogP contribution in [0.25, 0.3) is 0 Å². The lowest BCUT2D eigenvalue weighted by molar-refractivity contribution is -0.124. The van der Waals surface area contributed by atoms with Gasteiger partial charge in [-0.3, -0.25) is 9.59 Å². The van der Waals surface area contributed by atoms with E-state index in [-0.39, 0.29) is 18.4 Å². The number of nitrogens with one attached hydrogen (secondary N) is 1. The smallest absolute Gasteiger partial charge is 0.246 e. The van der Waals surface area contributed by atoms with Crippen molar-refractivity contribution < 1.29 is 14.3 Å². The number of amides is 2. The largest absolute Gasteiger partial charge is 0.375 e. The maximum absolute atomic E-state index is 11.4. The van der Waals surface area contributed by atoms with Crippen LogP contribution in [-0.4, -0.2) is 32.1 Å². The van der Waals surface area contributed by atoms with Crippen molar-refractivity contribution in [2.75, 3.05) is 25.2 Å². The fourth-order valence-corrected chi connectivity index (χ4v) is 2.27. The lowest BCUT2D eigenvalue weighted by atomic mass is 10.1. The summed E-state index contributed by atoms with van der Waals surface area (Å²) in [6.07, 6.45) is 0.870. The second-order valence-electron chi connectivity index (χ2n) is 4.59. The van der Waals surface area contributed by atoms with Crippen LogP contribution >= 0.6 is 0 Å². The van der Waals surface area contributed by atoms with Gasteiger partial charge in [0, 0.05) is 32.8 Å². The molecule has 0 fully saturated rings. The zero-order chi connectivity index (χ0) is 13.8. The molecular formula is C14H18N2O3. The molecule has 1 aliphatic rings. The predicted octanol–water partition coefficient (Wildman–Crippen LogP) is 0.858. The van der Waals surface area contributed by atoms with Crippen molar-refractivity contribution in [3.05, 3.63) is 29.3 Å². The fourth-order valence-electron chi connectivity index (χ4n) is 2.27. The highest BCUT2D eigenvalue weighted by Crippen LogP contribution is 2.28. The van der Waals surface area contributed by atoms with Gasteiger partial charge in [0.1, 0.15) is 6.61 Å². The summed E-state index contributed by atoms with van der Waals surface area (Å²) in [6.45, 7) is 2.87. The molecule has 0 atom stereocenters. The molecule has 2 amide bonds. The molecule has 1 heterocycles. The predicted molar refractivity (Wildman–Crippen MR) is 71.9 cm³/mol. The fraction of sp³-hybridized carbons (Fsp3) is 0.429. The number of nitrogens with zero attached hydrogens (tertiary/aromatic N) is 1. The Hall–Kier alpha value is -1.88. The van der Waals surface area contributed by atoms with Gasteiger partial charge in [0.25, 0.3) is 0 Å². The Labute approximate surface area is 112 Å². The minimum absolute atomic E-state index is 0.0693. The third-order valence-corrected chi connectivity index (χ3v) is 3.18. The molecule has 0 saturated heterocycles. The molecule has 2 rings (SSSR count). The van der Waals surface area contributed by atoms with Gasteiger partial charge in [-0.05, 0) is 23.6 Å². The SMILES string of the molecule is COCC(=O)NCc1ccc2c(c1)CCN2C(C)=O. The molecule has 1 aliphatic heterocycles. The summed E-state index contributed by atoms with van der Waals surface area (Å²) >= 11 is 0. The number of ether oxygens (including phenoxy) is 1. The zero-order valence-electron chi connectivity index (χ0n) is 11.2. The minimum atomic E-state index is -0.131. The molecule has 5 nitrogen and oxygen atoms in total. The molecule has 0 aliphatic carbocycles. The lowest BCUT2D eigenvalue weighted by Gasteiger charge is -2.15. The van der Waals surface area contributed by atoms with Crippen LogP contribution in [0.1, 0.15) is 18.1 Å². The number of carbonyl (C=O) groups excluding carboxylic acids is 2. The average Bonchev–Trinajstić information content (AvgIpc) is 2.79. The van der Waals surface area contributed by atoms with Gasteiger partial charge in [0.15, 0.2) is 0 Å². The van der Waals surface area contributed by atoms with Crippen molar-refractivity contribution in [1.82, 2.24) is 5.32 Å². The lowest BCUT2D eigenvalue weighted by Crippen LogP contribution is -2.26. The molecule has 1 aromatic rings. The van der Waals surface area contributed by atoms with E-state index in [4.69, 9.17) is 4.74 Å². The van der Waals surface area contributed by atoms with Crippen LogP contribution in [0.2, 0.25) is 0 Å². The Balaban J connectivity index is 2.03. The molecule has 0 bridgehead atoms. The van der Waals surface area contributed by atoms with Gasteiger partial charge in [-0.25, -0.2) is 0 Å². The van der Waals surface area contributed by atoms with Crippen LogP contribution in [0.4, 0.5) is 5.69 Å². The van der Waals surface area contributed by atoms with Crippen molar-refractivity contribution in [2.24, 2.45) is 0 Å². The van der Waals surface area contributed by atoms with Gasteiger partial charge in [-0.15, -0.1) is 0 Å². The third-order valence-electron chi connectivity index (χ3n) is 3.18. The molecule has 1 N–H and O–H groups in total. The van der Waals surface area contributed by atoms with E-state index in [0.717, 1.165) is 29.8 Å². The second kappa shape index (κ2) is 5.84. The van der Waals surface area contributed by atoms with Crippen molar-refractivity contribution in [3.63, 3.8) is 0 Å². The van der Waals surface area contributed by atoms with E-state index in [1.807, 2.05) is 18.2 Å². The Kier molecular flexibility index (Phi) is 4.16. The first-order chi connectivity index (χ1) is 9.11. The van der Waals surface area contributed by atoms with Gasteiger partial charge in [-0.1, -0.05) is 12.1 Å². The maximum atomic E-state index is 11.4. The standard InChI is InChI=1S/C14H18N2O3/c1-10(17)16-6-5-12-7-11(3-4-13(12)16)8-15-14(18)9-19-2/h3-4,7H,5-6,8-9H2,1-2H3,(H,15,18). The van der Waals surface area contributed by atoms with Gasteiger partial charge in [0.05, 0.1) is 0 Å². The molecule has 0 radical (unpaired) electrons. The first-order valence-electron chi connectivity index (χ1n) is 6.27. The number of anilines is 1. The van der Waals surface area contributed by atoms with Crippen LogP contribution < -0.4 is 10.2 Å². The summed E-state index contributed by atoms with van der Waals surface area (Å²) in [5, 5.41) is 2.78. The molecule has 102 valence electrons. The van der Waals surface area contributed by atoms with E-state index in [2.05, 4.69) is 5.32 Å². The first kappa shape index (κ1) is 13.5. The van der Waals surface area contributed by atoms with Crippen LogP contribution in [0.15, 0.2) is 18.2 Å². The number of fused-ring (bicyclic) bond motifs is 1. The van der Waals surface area contributed by atoms with E-state index in [1.165, 1.54) is 7.11 Å². The van der Waals surface area contributed by atoms with Crippen molar-refractivity contribution in [2.45, 2.75) is 19.9 Å². The van der Waals surface area contributed by atoms with E-state index >= 15 is 0 Å². The topological polar surface area (TPSA) is 58.6 Å². The summed E-state index contributed by atoms with van der Waals surface area (Å²) in [4.78, 5) is 24.5. The molecule has 0 saturated carbocycles. The van der Waals surface area contributed by atoms with Crippen molar-refractivity contribution in [3.8, 4) is 0 Å². The molecule has 0 aromatic heterocycles. The van der Waals surface area contributed by atoms with Crippen LogP contribution in [0, 0.1) is 0 Å². The van der Waals surface area contributed by atoms with Gasteiger partial charge in [0.2, 0.25) is 11.8 Å². The molecule has 19 heavy (non-hydrogen) atoms. The number of benzene rings is 1. The summed E-state index contributed by atoms with van der Waals surface area (Å²) in [5.41, 5.74) is 3.18. The van der Waals surface area contributed by atoms with E-state index < -0.39 is 0 Å². The number of rotatable bonds is 4. The van der Waals surface area contributed by atoms with Crippen LogP contribution in [0.5, 0.6) is 0 Å². The quantitative estimate of drug-likeness (QED) is 0.875. The van der Waals surface area contributed by atoms with Crippen LogP contribution in [-0.2, 0) is 27.3 Å². The highest BCUT2D eigenvalue weighted by Gasteiger charge is 2.21. The monoisotopic (exact) mass is 262 g/mol. The molecule has 5 heteroatoms. The van der Waals surface area contributed by atoms with Gasteiger partial charge >= 0.3 is 0 Å². The third kappa shape index (κ3) is 3.12. The number of hydrogen-bond acceptors (Lipinski definition) is 3. The summed E-state index contributed by atoms with van der Waals surface area (Å²) < 4.78 is 4.75. The normalized spacial score (nSPS) is 13.3. The summed E-state index contributed by atoms with van der Waals surface area (Å²) in [7, 11) is 1.49. The van der Waals surface area contributed by atoms with Crippen LogP contribution in [0.3, 0.4) is 0 Å². The minimum Gasteiger partial charge on any atom is -0.375 e. The van der Waals surface area contributed by atoms with E-state index in [0.29, 0.717) is 6.54 Å². The summed E-state index contributed by atoms with van der Waals surface area (Å²) in [6, 6.07) is 5.93. The van der Waals surface area contributed by atoms with E-state index in [1.54, 1.807) is 11.8 Å². The zero-order valence-corrected chi connectivity index (χ0v) is 11.2. The molecular weight excluding hydrogens is 244 g/mol. The Morgan fingerprint density at radius 2 is 2.21 bits per heavy atom. The van der Waals surface area contributed by atoms with E-state index in [9.17, 15) is 9.59 Å². The number of carbonyl (C=O) groups is 2. The van der Waals surface area contributed by atoms with Gasteiger partial charge < -0.3 is 15.0 Å². The Morgan fingerprint density at radius 1 is 1.42 bits per heavy atom. The second-order valence-corrected chi connectivity index (χ2v) is 4.59. The summed E-state index contributed by atoms with van der Waals surface area (Å²) in [5.74, 6) is -0.0618. The number of hydrogen-bond donors (Lipinski definition) is 1. The number of methoxy groups -OCH3 is 1. The first-order valence-corrected chi connectivity index (χ1v) is 6.27. The maximum Gasteiger partial charge on any atom is 0.246 e. The molecule has 0 unspecified atom stereocenters. The molecule has 1 aromatic carbocycles. The van der Waals surface area contributed by atoms with Gasteiger partial charge in [-0.2, -0.15) is 0 Å². The molecule has 0 spiro atoms. The Bertz CT molecular complexity index is 499. The average molecular weight is 262 g/mol. The highest BCUT2D eigenvalue weighted by atomic mass is 16.5. The van der Waals surface area contributed by atoms with Crippen molar-refractivity contribution in [1.29, 1.82) is 0 Å².